The minimum Gasteiger partial charge on any atom is -0.320 e. The number of aryl methyl sites for hydroxylation is 2. The van der Waals surface area contributed by atoms with E-state index in [0.717, 1.165) is 30.0 Å². The number of hydrogen-bond donors (Lipinski definition) is 1. The second-order valence-corrected chi connectivity index (χ2v) is 4.92. The molecule has 2 aromatic rings. The van der Waals surface area contributed by atoms with Crippen LogP contribution in [0.3, 0.4) is 0 Å². The Hall–Kier alpha value is -1.74. The van der Waals surface area contributed by atoms with Gasteiger partial charge in [-0.15, -0.1) is 0 Å². The molecule has 0 aliphatic carbocycles. The molecular formula is C17H19F2N. The Bertz CT molecular complexity index is 588. The van der Waals surface area contributed by atoms with Crippen LogP contribution in [0, 0.1) is 11.6 Å². The fourth-order valence-corrected chi connectivity index (χ4v) is 2.41. The molecule has 1 nitrogen and oxygen atoms in total. The zero-order chi connectivity index (χ0) is 14.7. The molecule has 0 amide bonds. The highest BCUT2D eigenvalue weighted by Gasteiger charge is 2.15. The molecule has 0 saturated carbocycles. The summed E-state index contributed by atoms with van der Waals surface area (Å²) >= 11 is 0. The van der Waals surface area contributed by atoms with Crippen LogP contribution in [0.2, 0.25) is 0 Å². The molecule has 0 fully saturated rings. The monoisotopic (exact) mass is 275 g/mol. The predicted molar refractivity (Wildman–Crippen MR) is 77.6 cm³/mol. The van der Waals surface area contributed by atoms with Gasteiger partial charge in [0.15, 0.2) is 0 Å². The third-order valence-corrected chi connectivity index (χ3v) is 3.58. The molecule has 0 saturated heterocycles. The van der Waals surface area contributed by atoms with Crippen LogP contribution in [0.25, 0.3) is 0 Å². The van der Waals surface area contributed by atoms with Gasteiger partial charge in [-0.1, -0.05) is 32.0 Å². The summed E-state index contributed by atoms with van der Waals surface area (Å²) in [5.41, 5.74) is 9.91. The molecule has 2 N–H and O–H groups in total. The summed E-state index contributed by atoms with van der Waals surface area (Å²) in [4.78, 5) is 0. The molecule has 0 heterocycles. The van der Waals surface area contributed by atoms with E-state index >= 15 is 0 Å². The van der Waals surface area contributed by atoms with Gasteiger partial charge in [0.2, 0.25) is 0 Å². The Kier molecular flexibility index (Phi) is 4.50. The van der Waals surface area contributed by atoms with Gasteiger partial charge in [-0.2, -0.15) is 0 Å². The van der Waals surface area contributed by atoms with Crippen molar-refractivity contribution < 1.29 is 8.78 Å². The summed E-state index contributed by atoms with van der Waals surface area (Å²) in [5.74, 6) is -1.19. The molecule has 106 valence electrons. The van der Waals surface area contributed by atoms with Gasteiger partial charge in [0.25, 0.3) is 0 Å². The average Bonchev–Trinajstić information content (AvgIpc) is 2.44. The third kappa shape index (κ3) is 3.05. The predicted octanol–water partition coefficient (Wildman–Crippen LogP) is 4.14. The molecule has 0 bridgehead atoms. The summed E-state index contributed by atoms with van der Waals surface area (Å²) in [6.45, 7) is 4.11. The van der Waals surface area contributed by atoms with Crippen LogP contribution in [0.4, 0.5) is 8.78 Å². The summed E-state index contributed by atoms with van der Waals surface area (Å²) in [5, 5.41) is 0. The maximum Gasteiger partial charge on any atom is 0.126 e. The number of benzene rings is 2. The van der Waals surface area contributed by atoms with Gasteiger partial charge in [0.05, 0.1) is 6.04 Å². The number of nitrogens with two attached hydrogens (primary N) is 1. The largest absolute Gasteiger partial charge is 0.320 e. The van der Waals surface area contributed by atoms with Gasteiger partial charge < -0.3 is 5.73 Å². The molecule has 1 atom stereocenters. The van der Waals surface area contributed by atoms with Crippen molar-refractivity contribution in [3.63, 3.8) is 0 Å². The molecule has 0 spiro atoms. The normalized spacial score (nSPS) is 12.4. The van der Waals surface area contributed by atoms with E-state index in [0.29, 0.717) is 5.56 Å². The lowest BCUT2D eigenvalue weighted by molar-refractivity contribution is 0.577. The van der Waals surface area contributed by atoms with Crippen molar-refractivity contribution in [2.45, 2.75) is 32.7 Å². The Morgan fingerprint density at radius 3 is 2.15 bits per heavy atom. The maximum atomic E-state index is 13.3. The first-order valence-electron chi connectivity index (χ1n) is 6.88. The van der Waals surface area contributed by atoms with Crippen LogP contribution in [0.1, 0.15) is 42.1 Å². The second-order valence-electron chi connectivity index (χ2n) is 4.92. The average molecular weight is 275 g/mol. The van der Waals surface area contributed by atoms with E-state index < -0.39 is 17.7 Å². The van der Waals surface area contributed by atoms with Gasteiger partial charge in [-0.05, 0) is 47.2 Å². The van der Waals surface area contributed by atoms with E-state index in [1.807, 2.05) is 19.1 Å². The van der Waals surface area contributed by atoms with E-state index in [1.54, 1.807) is 0 Å². The molecular weight excluding hydrogens is 256 g/mol. The van der Waals surface area contributed by atoms with Crippen molar-refractivity contribution in [1.29, 1.82) is 0 Å². The third-order valence-electron chi connectivity index (χ3n) is 3.58. The van der Waals surface area contributed by atoms with Gasteiger partial charge >= 0.3 is 0 Å². The van der Waals surface area contributed by atoms with Gasteiger partial charge in [-0.3, -0.25) is 0 Å². The highest BCUT2D eigenvalue weighted by atomic mass is 19.1. The molecule has 2 aromatic carbocycles. The van der Waals surface area contributed by atoms with E-state index in [-0.39, 0.29) is 0 Å². The van der Waals surface area contributed by atoms with Gasteiger partial charge in [0.1, 0.15) is 11.6 Å². The summed E-state index contributed by atoms with van der Waals surface area (Å²) in [6.07, 6.45) is 1.74. The van der Waals surface area contributed by atoms with Crippen molar-refractivity contribution >= 4 is 0 Å². The first kappa shape index (κ1) is 14.7. The van der Waals surface area contributed by atoms with Crippen molar-refractivity contribution in [3.8, 4) is 0 Å². The zero-order valence-corrected chi connectivity index (χ0v) is 11.8. The molecule has 2 rings (SSSR count). The molecule has 0 aliphatic heterocycles. The van der Waals surface area contributed by atoms with Crippen molar-refractivity contribution in [1.82, 2.24) is 0 Å². The van der Waals surface area contributed by atoms with Crippen molar-refractivity contribution in [3.05, 3.63) is 70.3 Å². The number of halogens is 2. The smallest absolute Gasteiger partial charge is 0.126 e. The SMILES string of the molecule is CCc1ccc(CC)c(C(N)c2cc(F)cc(F)c2)c1. The first-order valence-corrected chi connectivity index (χ1v) is 6.88. The summed E-state index contributed by atoms with van der Waals surface area (Å²) < 4.78 is 26.7. The van der Waals surface area contributed by atoms with Gasteiger partial charge in [-0.25, -0.2) is 8.78 Å². The molecule has 20 heavy (non-hydrogen) atoms. The minimum absolute atomic E-state index is 0.463. The Morgan fingerprint density at radius 1 is 0.950 bits per heavy atom. The standard InChI is InChI=1S/C17H19F2N/c1-3-11-5-6-12(4-2)16(7-11)17(20)13-8-14(18)10-15(19)9-13/h5-10,17H,3-4,20H2,1-2H3. The van der Waals surface area contributed by atoms with Crippen LogP contribution in [-0.4, -0.2) is 0 Å². The molecule has 3 heteroatoms. The van der Waals surface area contributed by atoms with Crippen molar-refractivity contribution in [2.24, 2.45) is 5.73 Å². The molecule has 0 aliphatic rings. The summed E-state index contributed by atoms with van der Waals surface area (Å²) in [6, 6.07) is 9.09. The zero-order valence-electron chi connectivity index (χ0n) is 11.8. The van der Waals surface area contributed by atoms with E-state index in [2.05, 4.69) is 13.0 Å². The van der Waals surface area contributed by atoms with Gasteiger partial charge in [0, 0.05) is 6.07 Å². The molecule has 1 unspecified atom stereocenters. The number of rotatable bonds is 4. The maximum absolute atomic E-state index is 13.3. The number of hydrogen-bond acceptors (Lipinski definition) is 1. The first-order chi connectivity index (χ1) is 9.55. The van der Waals surface area contributed by atoms with E-state index in [4.69, 9.17) is 5.73 Å². The molecule has 0 radical (unpaired) electrons. The Balaban J connectivity index is 2.48. The van der Waals surface area contributed by atoms with Crippen LogP contribution >= 0.6 is 0 Å². The molecule has 0 aromatic heterocycles. The lowest BCUT2D eigenvalue weighted by Crippen LogP contribution is -2.15. The highest BCUT2D eigenvalue weighted by Crippen LogP contribution is 2.26. The Morgan fingerprint density at radius 2 is 1.60 bits per heavy atom. The topological polar surface area (TPSA) is 26.0 Å². The fraction of sp³-hybridized carbons (Fsp3) is 0.294. The Labute approximate surface area is 118 Å². The summed E-state index contributed by atoms with van der Waals surface area (Å²) in [7, 11) is 0. The minimum atomic E-state index is -0.597. The van der Waals surface area contributed by atoms with Crippen LogP contribution in [-0.2, 0) is 12.8 Å². The van der Waals surface area contributed by atoms with Crippen LogP contribution in [0.15, 0.2) is 36.4 Å². The quantitative estimate of drug-likeness (QED) is 0.891. The van der Waals surface area contributed by atoms with Crippen LogP contribution in [0.5, 0.6) is 0 Å². The van der Waals surface area contributed by atoms with E-state index in [1.165, 1.54) is 17.7 Å². The van der Waals surface area contributed by atoms with Crippen LogP contribution < -0.4 is 5.73 Å². The van der Waals surface area contributed by atoms with E-state index in [9.17, 15) is 8.78 Å². The fourth-order valence-electron chi connectivity index (χ4n) is 2.41. The van der Waals surface area contributed by atoms with Crippen molar-refractivity contribution in [2.75, 3.05) is 0 Å². The highest BCUT2D eigenvalue weighted by molar-refractivity contribution is 5.40. The lowest BCUT2D eigenvalue weighted by atomic mass is 9.92. The second kappa shape index (κ2) is 6.14. The lowest BCUT2D eigenvalue weighted by Gasteiger charge is -2.18.